The molecule has 4 rings (SSSR count). The van der Waals surface area contributed by atoms with E-state index < -0.39 is 5.97 Å². The Hall–Kier alpha value is -3.58. The van der Waals surface area contributed by atoms with E-state index in [-0.39, 0.29) is 12.3 Å². The van der Waals surface area contributed by atoms with E-state index in [0.29, 0.717) is 21.3 Å². The van der Waals surface area contributed by atoms with Crippen LogP contribution in [0.2, 0.25) is 0 Å². The molecule has 31 heavy (non-hydrogen) atoms. The van der Waals surface area contributed by atoms with Gasteiger partial charge in [-0.2, -0.15) is 0 Å². The summed E-state index contributed by atoms with van der Waals surface area (Å²) in [6.45, 7) is 1.93. The second-order valence-electron chi connectivity index (χ2n) is 7.09. The molecule has 0 unspecified atom stereocenters. The Kier molecular flexibility index (Phi) is 5.77. The van der Waals surface area contributed by atoms with E-state index in [4.69, 9.17) is 9.84 Å². The highest BCUT2D eigenvalue weighted by atomic mass is 32.2. The summed E-state index contributed by atoms with van der Waals surface area (Å²) in [6.07, 6.45) is -0.0348. The van der Waals surface area contributed by atoms with Gasteiger partial charge in [0.25, 0.3) is 5.91 Å². The lowest BCUT2D eigenvalue weighted by Crippen LogP contribution is -2.19. The Balaban J connectivity index is 1.58. The molecule has 2 N–H and O–H groups in total. The highest BCUT2D eigenvalue weighted by Crippen LogP contribution is 2.34. The Morgan fingerprint density at radius 2 is 1.77 bits per heavy atom. The maximum absolute atomic E-state index is 12.6. The number of carbonyl (C=O) groups is 2. The first-order valence-corrected chi connectivity index (χ1v) is 10.4. The van der Waals surface area contributed by atoms with Crippen LogP contribution in [0, 0.1) is 0 Å². The minimum atomic E-state index is -0.879. The quantitative estimate of drug-likeness (QED) is 0.568. The lowest BCUT2D eigenvalue weighted by molar-refractivity contribution is -0.136. The maximum Gasteiger partial charge on any atom is 0.307 e. The van der Waals surface area contributed by atoms with Crippen molar-refractivity contribution in [2.24, 2.45) is 4.99 Å². The second-order valence-corrected chi connectivity index (χ2v) is 8.09. The van der Waals surface area contributed by atoms with Gasteiger partial charge in [0, 0.05) is 0 Å². The summed E-state index contributed by atoms with van der Waals surface area (Å²) in [5, 5.41) is 14.3. The number of nitrogens with zero attached hydrogens (tertiary/aromatic N) is 1. The molecular weight excluding hydrogens is 412 g/mol. The third-order valence-electron chi connectivity index (χ3n) is 4.97. The molecule has 3 aromatic carbocycles. The Morgan fingerprint density at radius 3 is 2.48 bits per heavy atom. The Bertz CT molecular complexity index is 1250. The zero-order chi connectivity index (χ0) is 22.0. The van der Waals surface area contributed by atoms with Crippen molar-refractivity contribution in [3.8, 4) is 5.75 Å². The summed E-state index contributed by atoms with van der Waals surface area (Å²) < 4.78 is 5.27. The zero-order valence-electron chi connectivity index (χ0n) is 17.0. The van der Waals surface area contributed by atoms with Gasteiger partial charge < -0.3 is 15.2 Å². The molecule has 0 aliphatic carbocycles. The average molecular weight is 433 g/mol. The number of benzene rings is 3. The summed E-state index contributed by atoms with van der Waals surface area (Å²) in [7, 11) is 1.64. The van der Waals surface area contributed by atoms with Crippen LogP contribution in [0.3, 0.4) is 0 Å². The van der Waals surface area contributed by atoms with Gasteiger partial charge in [-0.1, -0.05) is 30.3 Å². The van der Waals surface area contributed by atoms with E-state index in [9.17, 15) is 9.59 Å². The number of amidine groups is 1. The van der Waals surface area contributed by atoms with Crippen LogP contribution in [-0.4, -0.2) is 29.3 Å². The summed E-state index contributed by atoms with van der Waals surface area (Å²) in [5.41, 5.74) is 3.19. The number of ether oxygens (including phenoxy) is 1. The number of fused-ring (bicyclic) bond motifs is 1. The third kappa shape index (κ3) is 4.62. The molecule has 7 heteroatoms. The largest absolute Gasteiger partial charge is 0.497 e. The monoisotopic (exact) mass is 432 g/mol. The number of carboxylic acid groups (broad SMARTS) is 1. The summed E-state index contributed by atoms with van der Waals surface area (Å²) >= 11 is 1.30. The first-order valence-electron chi connectivity index (χ1n) is 9.60. The third-order valence-corrected chi connectivity index (χ3v) is 6.05. The molecule has 1 fully saturated rings. The van der Waals surface area contributed by atoms with Crippen LogP contribution in [0.1, 0.15) is 18.1 Å². The van der Waals surface area contributed by atoms with Crippen LogP contribution in [0.5, 0.6) is 5.75 Å². The molecule has 0 aromatic heterocycles. The van der Waals surface area contributed by atoms with Crippen molar-refractivity contribution in [3.63, 3.8) is 0 Å². The minimum Gasteiger partial charge on any atom is -0.497 e. The molecule has 1 aliphatic rings. The smallest absolute Gasteiger partial charge is 0.307 e. The van der Waals surface area contributed by atoms with Crippen LogP contribution < -0.4 is 10.1 Å². The number of thioether (sulfide) groups is 1. The molecule has 1 saturated heterocycles. The highest BCUT2D eigenvalue weighted by molar-refractivity contribution is 8.18. The molecule has 0 bridgehead atoms. The fourth-order valence-corrected chi connectivity index (χ4v) is 4.22. The van der Waals surface area contributed by atoms with Gasteiger partial charge in [0.2, 0.25) is 0 Å². The number of hydrogen-bond acceptors (Lipinski definition) is 5. The van der Waals surface area contributed by atoms with Crippen LogP contribution in [-0.2, 0) is 16.0 Å². The highest BCUT2D eigenvalue weighted by Gasteiger charge is 2.26. The number of carboxylic acids is 1. The van der Waals surface area contributed by atoms with E-state index in [1.807, 2.05) is 37.3 Å². The lowest BCUT2D eigenvalue weighted by Gasteiger charge is -2.07. The number of aliphatic carboxylic acids is 1. The Morgan fingerprint density at radius 1 is 1.06 bits per heavy atom. The number of methoxy groups -OCH3 is 1. The van der Waals surface area contributed by atoms with Crippen molar-refractivity contribution in [2.75, 3.05) is 7.11 Å². The number of hydrogen-bond donors (Lipinski definition) is 2. The van der Waals surface area contributed by atoms with Gasteiger partial charge in [0.1, 0.15) is 5.75 Å². The predicted octanol–water partition coefficient (Wildman–Crippen LogP) is 4.76. The van der Waals surface area contributed by atoms with E-state index in [1.165, 1.54) is 11.8 Å². The van der Waals surface area contributed by atoms with Gasteiger partial charge in [-0.15, -0.1) is 0 Å². The van der Waals surface area contributed by atoms with Gasteiger partial charge in [0.05, 0.1) is 24.1 Å². The van der Waals surface area contributed by atoms with Gasteiger partial charge in [-0.25, -0.2) is 4.99 Å². The number of allylic oxidation sites excluding steroid dienone is 1. The molecule has 3 aromatic rings. The molecule has 0 saturated carbocycles. The molecule has 156 valence electrons. The number of nitrogens with one attached hydrogen (secondary N) is 1. The summed E-state index contributed by atoms with van der Waals surface area (Å²) in [6, 6.07) is 18.9. The van der Waals surface area contributed by atoms with Crippen LogP contribution in [0.15, 0.2) is 70.6 Å². The minimum absolute atomic E-state index is 0.0348. The van der Waals surface area contributed by atoms with E-state index in [1.54, 1.807) is 31.4 Å². The average Bonchev–Trinajstić information content (AvgIpc) is 3.13. The molecule has 6 nitrogen and oxygen atoms in total. The molecule has 0 spiro atoms. The Labute approximate surface area is 183 Å². The molecule has 1 amide bonds. The van der Waals surface area contributed by atoms with Crippen molar-refractivity contribution in [3.05, 3.63) is 76.7 Å². The fourth-order valence-electron chi connectivity index (χ4n) is 3.32. The molecule has 1 heterocycles. The molecule has 1 aliphatic heterocycles. The first-order chi connectivity index (χ1) is 14.9. The maximum atomic E-state index is 12.6. The number of amides is 1. The van der Waals surface area contributed by atoms with Crippen LogP contribution in [0.4, 0.5) is 5.69 Å². The topological polar surface area (TPSA) is 88.0 Å². The fraction of sp³-hybridized carbons (Fsp3) is 0.125. The zero-order valence-corrected chi connectivity index (χ0v) is 17.8. The summed E-state index contributed by atoms with van der Waals surface area (Å²) in [4.78, 5) is 28.4. The normalized spacial score (nSPS) is 16.5. The molecule has 0 radical (unpaired) electrons. The van der Waals surface area contributed by atoms with Gasteiger partial charge in [0.15, 0.2) is 5.17 Å². The van der Waals surface area contributed by atoms with Crippen molar-refractivity contribution >= 4 is 50.8 Å². The second kappa shape index (κ2) is 8.65. The van der Waals surface area contributed by atoms with Crippen molar-refractivity contribution < 1.29 is 19.4 Å². The van der Waals surface area contributed by atoms with Crippen molar-refractivity contribution in [1.82, 2.24) is 5.32 Å². The SMILES string of the molecule is COc1ccc2cc(/C(C)=C3\SC(=Nc4ccc(CC(=O)O)cc4)NC3=O)ccc2c1. The standard InChI is InChI=1S/C24H20N2O4S/c1-14(16-5-6-18-13-20(30-2)10-7-17(18)12-16)22-23(29)26-24(31-22)25-19-8-3-15(4-9-19)11-21(27)28/h3-10,12-13H,11H2,1-2H3,(H,27,28)(H,25,26,29)/b22-14-. The molecular formula is C24H20N2O4S. The van der Waals surface area contributed by atoms with Gasteiger partial charge >= 0.3 is 5.97 Å². The van der Waals surface area contributed by atoms with E-state index in [0.717, 1.165) is 27.7 Å². The van der Waals surface area contributed by atoms with Crippen molar-refractivity contribution in [1.29, 1.82) is 0 Å². The number of rotatable bonds is 5. The number of carbonyl (C=O) groups excluding carboxylic acids is 1. The number of aliphatic imine (C=N–C) groups is 1. The van der Waals surface area contributed by atoms with E-state index in [2.05, 4.69) is 16.4 Å². The lowest BCUT2D eigenvalue weighted by atomic mass is 10.0. The van der Waals surface area contributed by atoms with E-state index >= 15 is 0 Å². The van der Waals surface area contributed by atoms with Crippen LogP contribution in [0.25, 0.3) is 16.3 Å². The van der Waals surface area contributed by atoms with Crippen molar-refractivity contribution in [2.45, 2.75) is 13.3 Å². The predicted molar refractivity (Wildman–Crippen MR) is 124 cm³/mol. The first kappa shape index (κ1) is 20.7. The van der Waals surface area contributed by atoms with Gasteiger partial charge in [-0.3, -0.25) is 9.59 Å². The summed E-state index contributed by atoms with van der Waals surface area (Å²) in [5.74, 6) is -0.257. The van der Waals surface area contributed by atoms with Gasteiger partial charge in [-0.05, 0) is 76.5 Å². The van der Waals surface area contributed by atoms with Crippen LogP contribution >= 0.6 is 11.8 Å². The molecule has 0 atom stereocenters.